The van der Waals surface area contributed by atoms with Crippen molar-refractivity contribution < 1.29 is 19.8 Å². The maximum Gasteiger partial charge on any atom is 0.193 e. The van der Waals surface area contributed by atoms with E-state index in [0.29, 0.717) is 5.56 Å². The number of Topliss-reactive ketones (excluding diaryl/α,β-unsaturated/α-hetero) is 2. The van der Waals surface area contributed by atoms with E-state index in [4.69, 9.17) is 0 Å². The summed E-state index contributed by atoms with van der Waals surface area (Å²) in [5, 5.41) is 19.5. The second kappa shape index (κ2) is 6.90. The Morgan fingerprint density at radius 1 is 0.760 bits per heavy atom. The van der Waals surface area contributed by atoms with E-state index in [1.54, 1.807) is 12.1 Å². The first-order chi connectivity index (χ1) is 11.5. The maximum absolute atomic E-state index is 12.0. The van der Waals surface area contributed by atoms with Crippen molar-refractivity contribution in [3.8, 4) is 11.1 Å². The normalized spacial score (nSPS) is 12.1. The van der Waals surface area contributed by atoms with E-state index in [1.807, 2.05) is 36.4 Å². The number of aliphatic hydroxyl groups is 2. The molecule has 4 heteroatoms. The van der Waals surface area contributed by atoms with E-state index in [1.165, 1.54) is 27.7 Å². The third kappa shape index (κ3) is 4.84. The molecule has 0 saturated heterocycles. The predicted octanol–water partition coefficient (Wildman–Crippen LogP) is 3.19. The molecule has 132 valence electrons. The summed E-state index contributed by atoms with van der Waals surface area (Å²) in [5.74, 6) is -0.547. The van der Waals surface area contributed by atoms with Gasteiger partial charge >= 0.3 is 0 Å². The number of rotatable bonds is 6. The van der Waals surface area contributed by atoms with Crippen molar-refractivity contribution in [3.63, 3.8) is 0 Å². The van der Waals surface area contributed by atoms with Crippen molar-refractivity contribution in [1.82, 2.24) is 0 Å². The van der Waals surface area contributed by atoms with Gasteiger partial charge in [-0.3, -0.25) is 9.59 Å². The standard InChI is InChI=1S/C21H24O4/c1-20(2,24)18(22)13-14-5-7-15(8-6-14)16-9-11-17(12-10-16)19(23)21(3,4)25/h5-12,24-25H,13H2,1-4H3. The quantitative estimate of drug-likeness (QED) is 0.792. The van der Waals surface area contributed by atoms with Crippen LogP contribution < -0.4 is 0 Å². The zero-order valence-corrected chi connectivity index (χ0v) is 15.0. The Labute approximate surface area is 148 Å². The van der Waals surface area contributed by atoms with Crippen molar-refractivity contribution >= 4 is 11.6 Å². The van der Waals surface area contributed by atoms with Crippen molar-refractivity contribution in [3.05, 3.63) is 59.7 Å². The minimum atomic E-state index is -1.39. The topological polar surface area (TPSA) is 74.6 Å². The highest BCUT2D eigenvalue weighted by Gasteiger charge is 2.25. The number of hydrogen-bond donors (Lipinski definition) is 2. The summed E-state index contributed by atoms with van der Waals surface area (Å²) in [7, 11) is 0. The Morgan fingerprint density at radius 2 is 1.20 bits per heavy atom. The molecule has 0 aliphatic carbocycles. The number of ketones is 2. The summed E-state index contributed by atoms with van der Waals surface area (Å²) in [5.41, 5.74) is 0.472. The fourth-order valence-electron chi connectivity index (χ4n) is 2.38. The highest BCUT2D eigenvalue weighted by molar-refractivity contribution is 6.02. The van der Waals surface area contributed by atoms with Crippen LogP contribution in [0.15, 0.2) is 48.5 Å². The molecule has 0 atom stereocenters. The Hall–Kier alpha value is -2.30. The molecule has 2 aromatic rings. The summed E-state index contributed by atoms with van der Waals surface area (Å²) >= 11 is 0. The van der Waals surface area contributed by atoms with Gasteiger partial charge in [-0.15, -0.1) is 0 Å². The molecule has 0 amide bonds. The van der Waals surface area contributed by atoms with Crippen molar-refractivity contribution in [2.75, 3.05) is 0 Å². The molecule has 0 fully saturated rings. The Bertz CT molecular complexity index is 758. The van der Waals surface area contributed by atoms with Crippen LogP contribution in [0.3, 0.4) is 0 Å². The molecular weight excluding hydrogens is 316 g/mol. The average molecular weight is 340 g/mol. The van der Waals surface area contributed by atoms with Crippen LogP contribution in [0, 0.1) is 0 Å². The fraction of sp³-hybridized carbons (Fsp3) is 0.333. The Balaban J connectivity index is 2.15. The highest BCUT2D eigenvalue weighted by Crippen LogP contribution is 2.22. The summed E-state index contributed by atoms with van der Waals surface area (Å²) in [6, 6.07) is 14.6. The van der Waals surface area contributed by atoms with Gasteiger partial charge in [-0.2, -0.15) is 0 Å². The number of carbonyl (C=O) groups is 2. The summed E-state index contributed by atoms with van der Waals surface area (Å²) < 4.78 is 0. The van der Waals surface area contributed by atoms with E-state index < -0.39 is 11.2 Å². The molecule has 0 aliphatic heterocycles. The van der Waals surface area contributed by atoms with Gasteiger partial charge in [-0.05, 0) is 44.4 Å². The van der Waals surface area contributed by atoms with Crippen LogP contribution in [0.2, 0.25) is 0 Å². The van der Waals surface area contributed by atoms with Gasteiger partial charge in [-0.25, -0.2) is 0 Å². The van der Waals surface area contributed by atoms with Gasteiger partial charge in [0.05, 0.1) is 0 Å². The van der Waals surface area contributed by atoms with Crippen molar-refractivity contribution in [2.45, 2.75) is 45.3 Å². The maximum atomic E-state index is 12.0. The number of benzene rings is 2. The SMILES string of the molecule is CC(C)(O)C(=O)Cc1ccc(-c2ccc(C(=O)C(C)(C)O)cc2)cc1. The summed E-state index contributed by atoms with van der Waals surface area (Å²) in [6.07, 6.45) is 0.183. The van der Waals surface area contributed by atoms with E-state index >= 15 is 0 Å². The Kier molecular flexibility index (Phi) is 5.26. The minimum Gasteiger partial charge on any atom is -0.383 e. The van der Waals surface area contributed by atoms with Gasteiger partial charge in [0.2, 0.25) is 0 Å². The van der Waals surface area contributed by atoms with Gasteiger partial charge in [-0.1, -0.05) is 48.5 Å². The van der Waals surface area contributed by atoms with Gasteiger partial charge in [0.15, 0.2) is 11.6 Å². The van der Waals surface area contributed by atoms with Gasteiger partial charge < -0.3 is 10.2 Å². The van der Waals surface area contributed by atoms with Crippen molar-refractivity contribution in [2.24, 2.45) is 0 Å². The summed E-state index contributed by atoms with van der Waals surface area (Å²) in [6.45, 7) is 5.91. The van der Waals surface area contributed by atoms with E-state index in [-0.39, 0.29) is 18.0 Å². The lowest BCUT2D eigenvalue weighted by atomic mass is 9.94. The molecule has 25 heavy (non-hydrogen) atoms. The lowest BCUT2D eigenvalue weighted by Gasteiger charge is -2.16. The highest BCUT2D eigenvalue weighted by atomic mass is 16.3. The van der Waals surface area contributed by atoms with Crippen LogP contribution in [-0.2, 0) is 11.2 Å². The predicted molar refractivity (Wildman–Crippen MR) is 97.5 cm³/mol. The van der Waals surface area contributed by atoms with E-state index in [0.717, 1.165) is 16.7 Å². The molecule has 0 saturated carbocycles. The zero-order chi connectivity index (χ0) is 18.8. The van der Waals surface area contributed by atoms with E-state index in [2.05, 4.69) is 0 Å². The zero-order valence-electron chi connectivity index (χ0n) is 15.0. The molecule has 0 unspecified atom stereocenters. The lowest BCUT2D eigenvalue weighted by Crippen LogP contribution is -2.32. The first-order valence-electron chi connectivity index (χ1n) is 8.21. The Morgan fingerprint density at radius 3 is 1.60 bits per heavy atom. The fourth-order valence-corrected chi connectivity index (χ4v) is 2.38. The third-order valence-electron chi connectivity index (χ3n) is 4.04. The number of hydrogen-bond acceptors (Lipinski definition) is 4. The second-order valence-corrected chi connectivity index (χ2v) is 7.32. The molecule has 2 rings (SSSR count). The smallest absolute Gasteiger partial charge is 0.193 e. The first kappa shape index (κ1) is 19.0. The minimum absolute atomic E-state index is 0.183. The van der Waals surface area contributed by atoms with Crippen LogP contribution in [-0.4, -0.2) is 33.0 Å². The molecule has 0 radical (unpaired) electrons. The first-order valence-corrected chi connectivity index (χ1v) is 8.21. The summed E-state index contributed by atoms with van der Waals surface area (Å²) in [4.78, 5) is 23.9. The van der Waals surface area contributed by atoms with Gasteiger partial charge in [0.25, 0.3) is 0 Å². The van der Waals surface area contributed by atoms with Crippen LogP contribution in [0.1, 0.15) is 43.6 Å². The molecule has 0 aromatic heterocycles. The molecule has 2 N–H and O–H groups in total. The van der Waals surface area contributed by atoms with Crippen LogP contribution in [0.4, 0.5) is 0 Å². The molecular formula is C21H24O4. The number of carbonyl (C=O) groups excluding carboxylic acids is 2. The molecule has 0 heterocycles. The molecule has 0 spiro atoms. The molecule has 0 bridgehead atoms. The lowest BCUT2D eigenvalue weighted by molar-refractivity contribution is -0.133. The van der Waals surface area contributed by atoms with Gasteiger partial charge in [0.1, 0.15) is 11.2 Å². The van der Waals surface area contributed by atoms with Gasteiger partial charge in [0, 0.05) is 12.0 Å². The molecule has 0 aliphatic rings. The molecule has 2 aromatic carbocycles. The van der Waals surface area contributed by atoms with Crippen molar-refractivity contribution in [1.29, 1.82) is 0 Å². The van der Waals surface area contributed by atoms with Crippen LogP contribution >= 0.6 is 0 Å². The second-order valence-electron chi connectivity index (χ2n) is 7.32. The largest absolute Gasteiger partial charge is 0.383 e. The third-order valence-corrected chi connectivity index (χ3v) is 4.04. The van der Waals surface area contributed by atoms with Crippen LogP contribution in [0.5, 0.6) is 0 Å². The van der Waals surface area contributed by atoms with Crippen LogP contribution in [0.25, 0.3) is 11.1 Å². The monoisotopic (exact) mass is 340 g/mol. The van der Waals surface area contributed by atoms with E-state index in [9.17, 15) is 19.8 Å². The average Bonchev–Trinajstić information content (AvgIpc) is 2.53. The molecule has 4 nitrogen and oxygen atoms in total.